The number of sulfonamides is 1. The van der Waals surface area contributed by atoms with Crippen molar-refractivity contribution in [2.24, 2.45) is 4.99 Å². The lowest BCUT2D eigenvalue weighted by atomic mass is 10.0. The van der Waals surface area contributed by atoms with Gasteiger partial charge < -0.3 is 10.6 Å². The van der Waals surface area contributed by atoms with Crippen LogP contribution in [0.1, 0.15) is 39.2 Å². The van der Waals surface area contributed by atoms with Crippen molar-refractivity contribution in [2.75, 3.05) is 45.0 Å². The lowest BCUT2D eigenvalue weighted by Crippen LogP contribution is -2.51. The average Bonchev–Trinajstić information content (AvgIpc) is 2.70. The highest BCUT2D eigenvalue weighted by Gasteiger charge is 2.21. The Morgan fingerprint density at radius 3 is 2.59 bits per heavy atom. The van der Waals surface area contributed by atoms with Crippen molar-refractivity contribution in [3.8, 4) is 0 Å². The first-order valence-corrected chi connectivity index (χ1v) is 12.4. The van der Waals surface area contributed by atoms with Crippen LogP contribution in [0.15, 0.2) is 35.3 Å². The normalized spacial score (nSPS) is 18.8. The third kappa shape index (κ3) is 7.95. The molecule has 1 unspecified atom stereocenters. The maximum atomic E-state index is 12.3. The van der Waals surface area contributed by atoms with Gasteiger partial charge in [0.25, 0.3) is 0 Å². The molecule has 0 bridgehead atoms. The molecule has 0 spiro atoms. The summed E-state index contributed by atoms with van der Waals surface area (Å²) >= 11 is 0. The van der Waals surface area contributed by atoms with Crippen LogP contribution in [0.3, 0.4) is 0 Å². The summed E-state index contributed by atoms with van der Waals surface area (Å²) < 4.78 is 26.2. The molecule has 1 atom stereocenters. The number of hydrogen-bond acceptors (Lipinski definition) is 4. The van der Waals surface area contributed by atoms with Crippen molar-refractivity contribution in [1.29, 1.82) is 0 Å². The molecule has 8 heteroatoms. The van der Waals surface area contributed by atoms with E-state index in [2.05, 4.69) is 44.8 Å². The Hall–Kier alpha value is -1.64. The Balaban J connectivity index is 1.90. The van der Waals surface area contributed by atoms with Crippen LogP contribution >= 0.6 is 0 Å². The van der Waals surface area contributed by atoms with Gasteiger partial charge in [-0.2, -0.15) is 0 Å². The third-order valence-electron chi connectivity index (χ3n) is 5.16. The fourth-order valence-electron chi connectivity index (χ4n) is 3.69. The SMILES string of the molecule is CCNC(=NCCS(=O)(=O)N(CC)CC)NC1CCCN(Cc2ccccc2)C1. The Morgan fingerprint density at radius 2 is 1.93 bits per heavy atom. The minimum absolute atomic E-state index is 0.0378. The summed E-state index contributed by atoms with van der Waals surface area (Å²) in [6.45, 7) is 10.8. The number of nitrogens with zero attached hydrogens (tertiary/aromatic N) is 3. The van der Waals surface area contributed by atoms with E-state index in [0.717, 1.165) is 39.0 Å². The van der Waals surface area contributed by atoms with Gasteiger partial charge in [-0.25, -0.2) is 12.7 Å². The van der Waals surface area contributed by atoms with Gasteiger partial charge in [-0.15, -0.1) is 0 Å². The summed E-state index contributed by atoms with van der Waals surface area (Å²) in [4.78, 5) is 6.99. The van der Waals surface area contributed by atoms with Gasteiger partial charge in [0.15, 0.2) is 5.96 Å². The van der Waals surface area contributed by atoms with Gasteiger partial charge >= 0.3 is 0 Å². The fourth-order valence-corrected chi connectivity index (χ4v) is 5.06. The Labute approximate surface area is 176 Å². The molecule has 1 aliphatic rings. The first-order chi connectivity index (χ1) is 14.0. The van der Waals surface area contributed by atoms with Gasteiger partial charge in [0, 0.05) is 38.8 Å². The molecular formula is C21H37N5O2S. The molecule has 0 amide bonds. The summed E-state index contributed by atoms with van der Waals surface area (Å²) in [5.74, 6) is 0.740. The number of aliphatic imine (C=N–C) groups is 1. The Kier molecular flexibility index (Phi) is 9.90. The molecule has 0 aromatic heterocycles. The van der Waals surface area contributed by atoms with E-state index in [0.29, 0.717) is 25.1 Å². The van der Waals surface area contributed by atoms with Crippen LogP contribution < -0.4 is 10.6 Å². The van der Waals surface area contributed by atoms with Crippen molar-refractivity contribution >= 4 is 16.0 Å². The number of guanidine groups is 1. The van der Waals surface area contributed by atoms with E-state index in [1.807, 2.05) is 26.8 Å². The summed E-state index contributed by atoms with van der Waals surface area (Å²) in [5, 5.41) is 6.75. The van der Waals surface area contributed by atoms with Crippen molar-refractivity contribution in [3.05, 3.63) is 35.9 Å². The molecule has 7 nitrogen and oxygen atoms in total. The minimum atomic E-state index is -3.25. The lowest BCUT2D eigenvalue weighted by Gasteiger charge is -2.34. The van der Waals surface area contributed by atoms with Gasteiger partial charge in [-0.1, -0.05) is 44.2 Å². The van der Waals surface area contributed by atoms with E-state index < -0.39 is 10.0 Å². The highest BCUT2D eigenvalue weighted by Crippen LogP contribution is 2.13. The van der Waals surface area contributed by atoms with Crippen LogP contribution in [0.5, 0.6) is 0 Å². The molecule has 164 valence electrons. The molecule has 2 N–H and O–H groups in total. The van der Waals surface area contributed by atoms with Crippen LogP contribution in [0.2, 0.25) is 0 Å². The standard InChI is InChI=1S/C21H37N5O2S/c1-4-22-21(23-14-16-29(27,28)26(5-2)6-3)24-20-13-10-15-25(18-20)17-19-11-8-7-9-12-19/h7-9,11-12,20H,4-6,10,13-18H2,1-3H3,(H2,22,23,24). The number of piperidine rings is 1. The number of nitrogens with one attached hydrogen (secondary N) is 2. The summed E-state index contributed by atoms with van der Waals surface area (Å²) in [5.41, 5.74) is 1.33. The zero-order valence-electron chi connectivity index (χ0n) is 18.1. The van der Waals surface area contributed by atoms with Gasteiger partial charge in [0.05, 0.1) is 12.3 Å². The zero-order valence-corrected chi connectivity index (χ0v) is 18.9. The number of benzene rings is 1. The van der Waals surface area contributed by atoms with Crippen molar-refractivity contribution in [1.82, 2.24) is 19.8 Å². The second-order valence-electron chi connectivity index (χ2n) is 7.37. The molecule has 1 aliphatic heterocycles. The smallest absolute Gasteiger partial charge is 0.215 e. The predicted octanol–water partition coefficient (Wildman–Crippen LogP) is 1.88. The first kappa shape index (κ1) is 23.6. The molecule has 1 aromatic carbocycles. The number of rotatable bonds is 10. The molecule has 0 aliphatic carbocycles. The van der Waals surface area contributed by atoms with Gasteiger partial charge in [0.1, 0.15) is 0 Å². The van der Waals surface area contributed by atoms with Crippen molar-refractivity contribution in [3.63, 3.8) is 0 Å². The van der Waals surface area contributed by atoms with E-state index in [1.54, 1.807) is 0 Å². The van der Waals surface area contributed by atoms with Gasteiger partial charge in [-0.05, 0) is 31.9 Å². The second kappa shape index (κ2) is 12.1. The summed E-state index contributed by atoms with van der Waals surface area (Å²) in [7, 11) is -3.25. The van der Waals surface area contributed by atoms with E-state index in [9.17, 15) is 8.42 Å². The van der Waals surface area contributed by atoms with Crippen LogP contribution in [0.4, 0.5) is 0 Å². The monoisotopic (exact) mass is 423 g/mol. The van der Waals surface area contributed by atoms with Gasteiger partial charge in [0.2, 0.25) is 10.0 Å². The maximum Gasteiger partial charge on any atom is 0.215 e. The van der Waals surface area contributed by atoms with Crippen LogP contribution in [0, 0.1) is 0 Å². The molecular weight excluding hydrogens is 386 g/mol. The largest absolute Gasteiger partial charge is 0.357 e. The van der Waals surface area contributed by atoms with Crippen LogP contribution in [-0.4, -0.2) is 74.6 Å². The summed E-state index contributed by atoms with van der Waals surface area (Å²) in [6, 6.07) is 10.8. The second-order valence-corrected chi connectivity index (χ2v) is 9.45. The number of hydrogen-bond donors (Lipinski definition) is 2. The van der Waals surface area contributed by atoms with Gasteiger partial charge in [-0.3, -0.25) is 9.89 Å². The maximum absolute atomic E-state index is 12.3. The number of likely N-dealkylation sites (tertiary alicyclic amines) is 1. The zero-order chi connectivity index (χ0) is 21.1. The molecule has 0 saturated carbocycles. The minimum Gasteiger partial charge on any atom is -0.357 e. The molecule has 29 heavy (non-hydrogen) atoms. The van der Waals surface area contributed by atoms with E-state index in [-0.39, 0.29) is 12.3 Å². The topological polar surface area (TPSA) is 77.0 Å². The third-order valence-corrected chi connectivity index (χ3v) is 7.16. The summed E-state index contributed by atoms with van der Waals surface area (Å²) in [6.07, 6.45) is 2.23. The van der Waals surface area contributed by atoms with E-state index in [4.69, 9.17) is 0 Å². The average molecular weight is 424 g/mol. The van der Waals surface area contributed by atoms with E-state index >= 15 is 0 Å². The van der Waals surface area contributed by atoms with E-state index in [1.165, 1.54) is 9.87 Å². The first-order valence-electron chi connectivity index (χ1n) is 10.8. The molecule has 1 heterocycles. The Bertz CT molecular complexity index is 720. The van der Waals surface area contributed by atoms with Crippen molar-refractivity contribution < 1.29 is 8.42 Å². The molecule has 1 saturated heterocycles. The fraction of sp³-hybridized carbons (Fsp3) is 0.667. The highest BCUT2D eigenvalue weighted by molar-refractivity contribution is 7.89. The molecule has 1 aromatic rings. The Morgan fingerprint density at radius 1 is 1.21 bits per heavy atom. The quantitative estimate of drug-likeness (QED) is 0.444. The predicted molar refractivity (Wildman–Crippen MR) is 121 cm³/mol. The lowest BCUT2D eigenvalue weighted by molar-refractivity contribution is 0.192. The van der Waals surface area contributed by atoms with Crippen LogP contribution in [0.25, 0.3) is 0 Å². The highest BCUT2D eigenvalue weighted by atomic mass is 32.2. The molecule has 2 rings (SSSR count). The molecule has 0 radical (unpaired) electrons. The molecule has 1 fully saturated rings. The van der Waals surface area contributed by atoms with Crippen LogP contribution in [-0.2, 0) is 16.6 Å². The van der Waals surface area contributed by atoms with Crippen molar-refractivity contribution in [2.45, 2.75) is 46.2 Å².